The lowest BCUT2D eigenvalue weighted by atomic mass is 10.1. The number of aliphatic hydroxyl groups excluding tert-OH is 1. The van der Waals surface area contributed by atoms with Crippen LogP contribution in [0.3, 0.4) is 0 Å². The lowest BCUT2D eigenvalue weighted by Crippen LogP contribution is -2.21. The second-order valence-electron chi connectivity index (χ2n) is 4.07. The number of hydrogen-bond acceptors (Lipinski definition) is 3. The summed E-state index contributed by atoms with van der Waals surface area (Å²) in [6, 6.07) is 6.67. The summed E-state index contributed by atoms with van der Waals surface area (Å²) in [7, 11) is 1.91. The Labute approximate surface area is 99.5 Å². The van der Waals surface area contributed by atoms with Crippen LogP contribution in [0.1, 0.15) is 5.56 Å². The van der Waals surface area contributed by atoms with Crippen LogP contribution >= 0.6 is 0 Å². The second kappa shape index (κ2) is 5.21. The molecular formula is C13H15FN2O. The maximum Gasteiger partial charge on any atom is 0.132 e. The molecule has 0 fully saturated rings. The number of nitrogens with zero attached hydrogens (tertiary/aromatic N) is 2. The van der Waals surface area contributed by atoms with Crippen molar-refractivity contribution in [1.82, 2.24) is 9.88 Å². The van der Waals surface area contributed by atoms with Gasteiger partial charge in [0.15, 0.2) is 0 Å². The van der Waals surface area contributed by atoms with Gasteiger partial charge in [-0.1, -0.05) is 6.07 Å². The Bertz CT molecular complexity index is 516. The molecule has 90 valence electrons. The van der Waals surface area contributed by atoms with Gasteiger partial charge in [-0.15, -0.1) is 0 Å². The van der Waals surface area contributed by atoms with Gasteiger partial charge in [0.2, 0.25) is 0 Å². The minimum absolute atomic E-state index is 0.114. The Morgan fingerprint density at radius 1 is 1.35 bits per heavy atom. The van der Waals surface area contributed by atoms with Crippen molar-refractivity contribution < 1.29 is 9.50 Å². The van der Waals surface area contributed by atoms with Gasteiger partial charge in [0.1, 0.15) is 5.82 Å². The summed E-state index contributed by atoms with van der Waals surface area (Å²) in [5.41, 5.74) is 1.66. The van der Waals surface area contributed by atoms with E-state index in [2.05, 4.69) is 4.98 Å². The molecule has 0 radical (unpaired) electrons. The minimum Gasteiger partial charge on any atom is -0.395 e. The topological polar surface area (TPSA) is 36.4 Å². The average molecular weight is 234 g/mol. The number of fused-ring (bicyclic) bond motifs is 1. The summed E-state index contributed by atoms with van der Waals surface area (Å²) >= 11 is 0. The highest BCUT2D eigenvalue weighted by molar-refractivity contribution is 5.82. The Morgan fingerprint density at radius 3 is 2.94 bits per heavy atom. The van der Waals surface area contributed by atoms with Crippen molar-refractivity contribution in [2.24, 2.45) is 0 Å². The number of aromatic nitrogens is 1. The van der Waals surface area contributed by atoms with Gasteiger partial charge in [-0.2, -0.15) is 0 Å². The van der Waals surface area contributed by atoms with Crippen molar-refractivity contribution in [3.63, 3.8) is 0 Å². The molecule has 0 saturated carbocycles. The molecule has 0 bridgehead atoms. The number of likely N-dealkylation sites (N-methyl/N-ethyl adjacent to an activating group) is 1. The Morgan fingerprint density at radius 2 is 2.18 bits per heavy atom. The molecule has 1 heterocycles. The second-order valence-corrected chi connectivity index (χ2v) is 4.07. The van der Waals surface area contributed by atoms with E-state index in [0.29, 0.717) is 24.0 Å². The fourth-order valence-electron chi connectivity index (χ4n) is 1.86. The molecule has 17 heavy (non-hydrogen) atoms. The van der Waals surface area contributed by atoms with Crippen LogP contribution in [0.4, 0.5) is 4.39 Å². The smallest absolute Gasteiger partial charge is 0.132 e. The molecule has 0 atom stereocenters. The zero-order valence-corrected chi connectivity index (χ0v) is 9.73. The van der Waals surface area contributed by atoms with Crippen LogP contribution < -0.4 is 0 Å². The van der Waals surface area contributed by atoms with E-state index >= 15 is 0 Å². The van der Waals surface area contributed by atoms with E-state index in [4.69, 9.17) is 5.11 Å². The first-order valence-corrected chi connectivity index (χ1v) is 5.54. The summed E-state index contributed by atoms with van der Waals surface area (Å²) < 4.78 is 13.6. The first-order chi connectivity index (χ1) is 8.22. The van der Waals surface area contributed by atoms with Crippen LogP contribution in [0.15, 0.2) is 30.5 Å². The van der Waals surface area contributed by atoms with Crippen LogP contribution in [-0.2, 0) is 6.54 Å². The third kappa shape index (κ3) is 2.60. The van der Waals surface area contributed by atoms with E-state index in [1.807, 2.05) is 11.9 Å². The zero-order valence-electron chi connectivity index (χ0n) is 9.73. The summed E-state index contributed by atoms with van der Waals surface area (Å²) in [5.74, 6) is -0.248. The average Bonchev–Trinajstić information content (AvgIpc) is 2.34. The first kappa shape index (κ1) is 12.0. The van der Waals surface area contributed by atoms with E-state index in [9.17, 15) is 4.39 Å². The highest BCUT2D eigenvalue weighted by atomic mass is 19.1. The van der Waals surface area contributed by atoms with Crippen molar-refractivity contribution in [2.45, 2.75) is 6.54 Å². The molecule has 1 N–H and O–H groups in total. The number of halogens is 1. The summed E-state index contributed by atoms with van der Waals surface area (Å²) in [5, 5.41) is 9.40. The van der Waals surface area contributed by atoms with Gasteiger partial charge in [-0.05, 0) is 30.8 Å². The van der Waals surface area contributed by atoms with E-state index in [1.54, 1.807) is 24.4 Å². The van der Waals surface area contributed by atoms with Crippen LogP contribution in [0.2, 0.25) is 0 Å². The molecule has 0 amide bonds. The van der Waals surface area contributed by atoms with Crippen molar-refractivity contribution in [3.05, 3.63) is 41.8 Å². The molecule has 2 rings (SSSR count). The summed E-state index contributed by atoms with van der Waals surface area (Å²) in [4.78, 5) is 6.20. The Kier molecular flexibility index (Phi) is 3.66. The van der Waals surface area contributed by atoms with Crippen molar-refractivity contribution in [3.8, 4) is 0 Å². The number of aliphatic hydroxyl groups is 1. The van der Waals surface area contributed by atoms with Crippen LogP contribution in [0.25, 0.3) is 10.9 Å². The first-order valence-electron chi connectivity index (χ1n) is 5.54. The molecule has 0 unspecified atom stereocenters. The highest BCUT2D eigenvalue weighted by Gasteiger charge is 2.08. The Balaban J connectivity index is 2.38. The standard InChI is InChI=1S/C13H15FN2O/c1-16(7-8-17)9-10-4-5-12(14)11-3-2-6-15-13(10)11/h2-6,17H,7-9H2,1H3. The fourth-order valence-corrected chi connectivity index (χ4v) is 1.86. The molecule has 1 aromatic carbocycles. The van der Waals surface area contributed by atoms with Gasteiger partial charge >= 0.3 is 0 Å². The predicted molar refractivity (Wildman–Crippen MR) is 65.1 cm³/mol. The van der Waals surface area contributed by atoms with E-state index in [-0.39, 0.29) is 12.4 Å². The molecule has 0 aliphatic rings. The molecule has 0 spiro atoms. The van der Waals surface area contributed by atoms with E-state index in [0.717, 1.165) is 5.56 Å². The van der Waals surface area contributed by atoms with Gasteiger partial charge in [-0.3, -0.25) is 9.88 Å². The number of rotatable bonds is 4. The molecule has 1 aromatic heterocycles. The van der Waals surface area contributed by atoms with Crippen molar-refractivity contribution in [1.29, 1.82) is 0 Å². The molecular weight excluding hydrogens is 219 g/mol. The van der Waals surface area contributed by atoms with Gasteiger partial charge in [0.25, 0.3) is 0 Å². The van der Waals surface area contributed by atoms with Gasteiger partial charge in [0.05, 0.1) is 12.1 Å². The molecule has 2 aromatic rings. The maximum absolute atomic E-state index is 13.6. The monoisotopic (exact) mass is 234 g/mol. The largest absolute Gasteiger partial charge is 0.395 e. The molecule has 4 heteroatoms. The third-order valence-electron chi connectivity index (χ3n) is 2.72. The maximum atomic E-state index is 13.6. The third-order valence-corrected chi connectivity index (χ3v) is 2.72. The van der Waals surface area contributed by atoms with Crippen LogP contribution in [0, 0.1) is 5.82 Å². The minimum atomic E-state index is -0.248. The highest BCUT2D eigenvalue weighted by Crippen LogP contribution is 2.20. The lowest BCUT2D eigenvalue weighted by Gasteiger charge is -2.16. The van der Waals surface area contributed by atoms with Gasteiger partial charge in [-0.25, -0.2) is 4.39 Å². The quantitative estimate of drug-likeness (QED) is 0.876. The molecule has 0 aliphatic carbocycles. The lowest BCUT2D eigenvalue weighted by molar-refractivity contribution is 0.217. The predicted octanol–water partition coefficient (Wildman–Crippen LogP) is 1.80. The molecule has 0 saturated heterocycles. The summed E-state index contributed by atoms with van der Waals surface area (Å²) in [6.07, 6.45) is 1.66. The Hall–Kier alpha value is -1.52. The van der Waals surface area contributed by atoms with E-state index in [1.165, 1.54) is 6.07 Å². The van der Waals surface area contributed by atoms with Crippen LogP contribution in [0.5, 0.6) is 0 Å². The number of benzene rings is 1. The summed E-state index contributed by atoms with van der Waals surface area (Å²) in [6.45, 7) is 1.35. The number of pyridine rings is 1. The van der Waals surface area contributed by atoms with Crippen LogP contribution in [-0.4, -0.2) is 35.2 Å². The van der Waals surface area contributed by atoms with Crippen molar-refractivity contribution in [2.75, 3.05) is 20.2 Å². The van der Waals surface area contributed by atoms with Gasteiger partial charge in [0, 0.05) is 24.7 Å². The van der Waals surface area contributed by atoms with Gasteiger partial charge < -0.3 is 5.11 Å². The normalized spacial score (nSPS) is 11.3. The molecule has 0 aliphatic heterocycles. The van der Waals surface area contributed by atoms with E-state index < -0.39 is 0 Å². The SMILES string of the molecule is CN(CCO)Cc1ccc(F)c2cccnc12. The van der Waals surface area contributed by atoms with Crippen molar-refractivity contribution >= 4 is 10.9 Å². The number of hydrogen-bond donors (Lipinski definition) is 1. The zero-order chi connectivity index (χ0) is 12.3. The fraction of sp³-hybridized carbons (Fsp3) is 0.308. The molecule has 3 nitrogen and oxygen atoms in total.